The summed E-state index contributed by atoms with van der Waals surface area (Å²) in [6.07, 6.45) is 0. The van der Waals surface area contributed by atoms with E-state index in [2.05, 4.69) is 0 Å². The van der Waals surface area contributed by atoms with Crippen LogP contribution in [-0.4, -0.2) is 0 Å². The maximum Gasteiger partial charge on any atom is 0.647 e. The van der Waals surface area contributed by atoms with Crippen molar-refractivity contribution in [3.05, 3.63) is 18.2 Å². The first-order valence-corrected chi connectivity index (χ1v) is 7.45. The Kier molecular flexibility index (Phi) is 1.99. The van der Waals surface area contributed by atoms with Gasteiger partial charge in [0.15, 0.2) is 5.75 Å². The van der Waals surface area contributed by atoms with Crippen LogP contribution in [0.2, 0.25) is 0 Å². The molecule has 2 aliphatic rings. The van der Waals surface area contributed by atoms with E-state index in [1.807, 2.05) is 0 Å². The first-order valence-electron chi connectivity index (χ1n) is 5.99. The Hall–Kier alpha value is -2.73. The molecule has 9 heteroatoms. The van der Waals surface area contributed by atoms with Crippen LogP contribution in [0.1, 0.15) is 0 Å². The van der Waals surface area contributed by atoms with Crippen LogP contribution in [0.15, 0.2) is 18.2 Å². The standard InChI is InChI=1S/C12H11N4O4P/c13-4-1-2-5-6(3-4)18-21(17)19-11-7(5)8(14)9(15)10(16)12(11)20-21/h1-3H,13-16H2. The molecule has 2 aliphatic heterocycles. The molecule has 8 N–H and O–H groups in total. The number of benzene rings is 2. The van der Waals surface area contributed by atoms with Crippen molar-refractivity contribution in [2.45, 2.75) is 0 Å². The highest BCUT2D eigenvalue weighted by atomic mass is 31.2. The largest absolute Gasteiger partial charge is 0.647 e. The molecule has 0 amide bonds. The Morgan fingerprint density at radius 2 is 1.57 bits per heavy atom. The number of anilines is 4. The lowest BCUT2D eigenvalue weighted by Gasteiger charge is -2.17. The lowest BCUT2D eigenvalue weighted by Crippen LogP contribution is -2.05. The Bertz CT molecular complexity index is 867. The molecule has 2 aromatic rings. The molecular weight excluding hydrogens is 295 g/mol. The van der Waals surface area contributed by atoms with Crippen LogP contribution < -0.4 is 36.5 Å². The van der Waals surface area contributed by atoms with E-state index in [0.29, 0.717) is 16.8 Å². The maximum absolute atomic E-state index is 12.5. The minimum Gasteiger partial charge on any atom is -0.399 e. The van der Waals surface area contributed by atoms with Crippen molar-refractivity contribution in [1.82, 2.24) is 0 Å². The van der Waals surface area contributed by atoms with E-state index in [1.165, 1.54) is 6.07 Å². The molecule has 108 valence electrons. The topological polar surface area (TPSA) is 149 Å². The van der Waals surface area contributed by atoms with Crippen LogP contribution in [-0.2, 0) is 4.57 Å². The fraction of sp³-hybridized carbons (Fsp3) is 0. The molecule has 21 heavy (non-hydrogen) atoms. The van der Waals surface area contributed by atoms with Crippen LogP contribution >= 0.6 is 7.82 Å². The number of phosphoric acid groups is 1. The molecule has 2 bridgehead atoms. The maximum atomic E-state index is 12.5. The summed E-state index contributed by atoms with van der Waals surface area (Å²) in [7, 11) is -3.87. The van der Waals surface area contributed by atoms with Crippen molar-refractivity contribution in [3.63, 3.8) is 0 Å². The van der Waals surface area contributed by atoms with E-state index in [0.717, 1.165) is 0 Å². The molecule has 0 aromatic heterocycles. The zero-order valence-electron chi connectivity index (χ0n) is 10.6. The normalized spacial score (nSPS) is 20.8. The van der Waals surface area contributed by atoms with Crippen LogP contribution in [0.5, 0.6) is 17.2 Å². The second-order valence-corrected chi connectivity index (χ2v) is 6.19. The number of hydrogen-bond acceptors (Lipinski definition) is 8. The van der Waals surface area contributed by atoms with Crippen molar-refractivity contribution < 1.29 is 18.1 Å². The molecule has 0 aliphatic carbocycles. The predicted octanol–water partition coefficient (Wildman–Crippen LogP) is 1.95. The fourth-order valence-electron chi connectivity index (χ4n) is 2.43. The second-order valence-electron chi connectivity index (χ2n) is 4.75. The van der Waals surface area contributed by atoms with Crippen molar-refractivity contribution in [3.8, 4) is 28.4 Å². The molecular formula is C12H11N4O4P. The zero-order chi connectivity index (χ0) is 14.9. The first kappa shape index (κ1) is 12.0. The smallest absolute Gasteiger partial charge is 0.399 e. The van der Waals surface area contributed by atoms with Crippen LogP contribution in [0.3, 0.4) is 0 Å². The highest BCUT2D eigenvalue weighted by Crippen LogP contribution is 2.68. The summed E-state index contributed by atoms with van der Waals surface area (Å²) in [5.41, 5.74) is 25.4. The average Bonchev–Trinajstić information content (AvgIpc) is 2.69. The van der Waals surface area contributed by atoms with Crippen molar-refractivity contribution >= 4 is 30.6 Å². The van der Waals surface area contributed by atoms with Gasteiger partial charge in [0.05, 0.1) is 16.9 Å². The van der Waals surface area contributed by atoms with Crippen molar-refractivity contribution in [2.75, 3.05) is 22.9 Å². The summed E-state index contributed by atoms with van der Waals surface area (Å²) < 4.78 is 28.5. The average molecular weight is 306 g/mol. The number of rotatable bonds is 0. The van der Waals surface area contributed by atoms with Gasteiger partial charge in [0, 0.05) is 17.3 Å². The molecule has 0 saturated carbocycles. The van der Waals surface area contributed by atoms with Gasteiger partial charge in [0.1, 0.15) is 11.4 Å². The number of nitrogens with two attached hydrogens (primary N) is 4. The van der Waals surface area contributed by atoms with E-state index in [-0.39, 0.29) is 34.3 Å². The van der Waals surface area contributed by atoms with Gasteiger partial charge in [-0.2, -0.15) is 4.57 Å². The van der Waals surface area contributed by atoms with E-state index >= 15 is 0 Å². The third-order valence-electron chi connectivity index (χ3n) is 3.42. The third kappa shape index (κ3) is 1.42. The highest BCUT2D eigenvalue weighted by Gasteiger charge is 2.48. The second kappa shape index (κ2) is 3.48. The summed E-state index contributed by atoms with van der Waals surface area (Å²) >= 11 is 0. The monoisotopic (exact) mass is 306 g/mol. The van der Waals surface area contributed by atoms with Gasteiger partial charge in [-0.3, -0.25) is 0 Å². The molecule has 2 aromatic carbocycles. The SMILES string of the molecule is Nc1ccc2c(c1)OP1(=O)Oc3c(N)c(N)c(N)c-2c3O1. The van der Waals surface area contributed by atoms with Gasteiger partial charge in [0.2, 0.25) is 5.75 Å². The molecule has 1 atom stereocenters. The summed E-state index contributed by atoms with van der Waals surface area (Å²) in [5.74, 6) is 0.507. The summed E-state index contributed by atoms with van der Waals surface area (Å²) in [4.78, 5) is 0. The van der Waals surface area contributed by atoms with Crippen LogP contribution in [0, 0.1) is 0 Å². The van der Waals surface area contributed by atoms with Gasteiger partial charge >= 0.3 is 7.82 Å². The number of phosphoric ester groups is 1. The summed E-state index contributed by atoms with van der Waals surface area (Å²) in [6, 6.07) is 4.86. The summed E-state index contributed by atoms with van der Waals surface area (Å²) in [5, 5.41) is 0. The zero-order valence-corrected chi connectivity index (χ0v) is 11.5. The molecule has 1 unspecified atom stereocenters. The van der Waals surface area contributed by atoms with Gasteiger partial charge in [-0.25, -0.2) is 0 Å². The molecule has 0 fully saturated rings. The Labute approximate surface area is 119 Å². The Morgan fingerprint density at radius 1 is 0.857 bits per heavy atom. The number of nitrogen functional groups attached to an aromatic ring is 4. The Morgan fingerprint density at radius 3 is 2.33 bits per heavy atom. The first-order chi connectivity index (χ1) is 9.89. The van der Waals surface area contributed by atoms with E-state index in [9.17, 15) is 4.57 Å². The molecule has 8 nitrogen and oxygen atoms in total. The van der Waals surface area contributed by atoms with Gasteiger partial charge in [-0.1, -0.05) is 0 Å². The van der Waals surface area contributed by atoms with E-state index in [1.54, 1.807) is 12.1 Å². The molecule has 2 heterocycles. The Balaban J connectivity index is 2.18. The third-order valence-corrected chi connectivity index (χ3v) is 4.65. The molecule has 0 radical (unpaired) electrons. The minimum atomic E-state index is -3.87. The molecule has 0 spiro atoms. The van der Waals surface area contributed by atoms with E-state index < -0.39 is 7.82 Å². The van der Waals surface area contributed by atoms with Gasteiger partial charge < -0.3 is 36.5 Å². The minimum absolute atomic E-state index is 0.0754. The van der Waals surface area contributed by atoms with Gasteiger partial charge in [-0.15, -0.1) is 0 Å². The predicted molar refractivity (Wildman–Crippen MR) is 79.0 cm³/mol. The fourth-order valence-corrected chi connectivity index (χ4v) is 3.73. The van der Waals surface area contributed by atoms with Crippen molar-refractivity contribution in [1.29, 1.82) is 0 Å². The molecule has 4 rings (SSSR count). The van der Waals surface area contributed by atoms with Gasteiger partial charge in [0.25, 0.3) is 0 Å². The van der Waals surface area contributed by atoms with Crippen LogP contribution in [0.4, 0.5) is 22.7 Å². The molecule has 0 saturated heterocycles. The quantitative estimate of drug-likeness (QED) is 0.426. The number of fused-ring (bicyclic) bond motifs is 3. The van der Waals surface area contributed by atoms with Crippen molar-refractivity contribution in [2.24, 2.45) is 0 Å². The lowest BCUT2D eigenvalue weighted by atomic mass is 9.98. The summed E-state index contributed by atoms with van der Waals surface area (Å²) in [6.45, 7) is 0. The highest BCUT2D eigenvalue weighted by molar-refractivity contribution is 7.50. The number of hydrogen-bond donors (Lipinski definition) is 4. The van der Waals surface area contributed by atoms with E-state index in [4.69, 9.17) is 36.5 Å². The lowest BCUT2D eigenvalue weighted by molar-refractivity contribution is 0.335. The van der Waals surface area contributed by atoms with Gasteiger partial charge in [-0.05, 0) is 12.1 Å². The van der Waals surface area contributed by atoms with Crippen LogP contribution in [0.25, 0.3) is 11.1 Å².